The van der Waals surface area contributed by atoms with E-state index in [0.717, 1.165) is 38.2 Å². The maximum Gasteiger partial charge on any atom is 0.410 e. The first-order chi connectivity index (χ1) is 14.7. The van der Waals surface area contributed by atoms with Crippen molar-refractivity contribution < 1.29 is 24.2 Å². The Hall–Kier alpha value is -2.06. The second-order valence-electron chi connectivity index (χ2n) is 10.1. The molecule has 178 valence electrons. The summed E-state index contributed by atoms with van der Waals surface area (Å²) in [5.74, 6) is -0.314. The zero-order valence-corrected chi connectivity index (χ0v) is 19.9. The highest BCUT2D eigenvalue weighted by atomic mass is 35.5. The molecule has 1 aliphatic carbocycles. The highest BCUT2D eigenvalue weighted by molar-refractivity contribution is 5.85. The second-order valence-corrected chi connectivity index (χ2v) is 10.1. The standard InChI is InChI=1S/C23H33N3O5.ClH/c1-22(2,3)31-21(29)26(12-16-6-7-16)18-5-4-10-25(13-18)17-8-9-19(24-11-17)23(20(27)28)14-30-15-23;/h8-9,11,16,18H,4-7,10,12-15H2,1-3H3,(H,27,28);1H/t18-;/m1./s1. The third-order valence-corrected chi connectivity index (χ3v) is 6.33. The Morgan fingerprint density at radius 3 is 2.50 bits per heavy atom. The summed E-state index contributed by atoms with van der Waals surface area (Å²) < 4.78 is 10.9. The fourth-order valence-electron chi connectivity index (χ4n) is 4.26. The number of hydrogen-bond acceptors (Lipinski definition) is 6. The van der Waals surface area contributed by atoms with Gasteiger partial charge in [0, 0.05) is 19.6 Å². The molecule has 32 heavy (non-hydrogen) atoms. The first-order valence-corrected chi connectivity index (χ1v) is 11.2. The van der Waals surface area contributed by atoms with Gasteiger partial charge in [-0.05, 0) is 64.5 Å². The van der Waals surface area contributed by atoms with Crippen molar-refractivity contribution in [1.82, 2.24) is 9.88 Å². The van der Waals surface area contributed by atoms with Crippen LogP contribution in [0.4, 0.5) is 10.5 Å². The molecule has 3 heterocycles. The minimum atomic E-state index is -1.03. The van der Waals surface area contributed by atoms with Crippen molar-refractivity contribution in [1.29, 1.82) is 0 Å². The van der Waals surface area contributed by atoms with Crippen molar-refractivity contribution in [3.63, 3.8) is 0 Å². The lowest BCUT2D eigenvalue weighted by Crippen LogP contribution is -2.53. The van der Waals surface area contributed by atoms with Crippen molar-refractivity contribution in [2.45, 2.75) is 63.5 Å². The van der Waals surface area contributed by atoms with Crippen LogP contribution in [0.3, 0.4) is 0 Å². The van der Waals surface area contributed by atoms with Crippen LogP contribution in [-0.4, -0.2) is 71.5 Å². The zero-order valence-electron chi connectivity index (χ0n) is 19.1. The number of anilines is 1. The number of aliphatic carboxylic acids is 1. The third kappa shape index (κ3) is 5.29. The second kappa shape index (κ2) is 9.43. The van der Waals surface area contributed by atoms with E-state index >= 15 is 0 Å². The lowest BCUT2D eigenvalue weighted by atomic mass is 9.82. The highest BCUT2D eigenvalue weighted by Crippen LogP contribution is 2.34. The van der Waals surface area contributed by atoms with E-state index in [9.17, 15) is 14.7 Å². The minimum absolute atomic E-state index is 0. The first-order valence-electron chi connectivity index (χ1n) is 11.2. The molecule has 0 spiro atoms. The summed E-state index contributed by atoms with van der Waals surface area (Å²) in [5, 5.41) is 9.58. The lowest BCUT2D eigenvalue weighted by Gasteiger charge is -2.41. The summed E-state index contributed by atoms with van der Waals surface area (Å²) in [6.07, 6.45) is 5.80. The van der Waals surface area contributed by atoms with Gasteiger partial charge in [-0.15, -0.1) is 12.4 Å². The van der Waals surface area contributed by atoms with Gasteiger partial charge in [0.15, 0.2) is 5.41 Å². The van der Waals surface area contributed by atoms with Crippen LogP contribution in [0.2, 0.25) is 0 Å². The molecule has 1 amide bonds. The summed E-state index contributed by atoms with van der Waals surface area (Å²) in [4.78, 5) is 33.3. The van der Waals surface area contributed by atoms with Crippen molar-refractivity contribution in [3.05, 3.63) is 24.0 Å². The van der Waals surface area contributed by atoms with Crippen LogP contribution in [0.1, 0.15) is 52.1 Å². The Morgan fingerprint density at radius 1 is 1.28 bits per heavy atom. The maximum atomic E-state index is 12.9. The number of carbonyl (C=O) groups excluding carboxylic acids is 1. The van der Waals surface area contributed by atoms with Gasteiger partial charge in [-0.1, -0.05) is 0 Å². The van der Waals surface area contributed by atoms with Crippen LogP contribution in [0.5, 0.6) is 0 Å². The number of ether oxygens (including phenoxy) is 2. The first kappa shape index (κ1) is 24.6. The van der Waals surface area contributed by atoms with Crippen LogP contribution in [-0.2, 0) is 19.7 Å². The molecule has 3 fully saturated rings. The van der Waals surface area contributed by atoms with Gasteiger partial charge in [0.05, 0.1) is 36.8 Å². The van der Waals surface area contributed by atoms with E-state index in [4.69, 9.17) is 9.47 Å². The summed E-state index contributed by atoms with van der Waals surface area (Å²) in [6.45, 7) is 8.38. The predicted molar refractivity (Wildman–Crippen MR) is 123 cm³/mol. The monoisotopic (exact) mass is 467 g/mol. The Bertz CT molecular complexity index is 818. The minimum Gasteiger partial charge on any atom is -0.480 e. The molecule has 8 nitrogen and oxygen atoms in total. The molecule has 1 saturated carbocycles. The van der Waals surface area contributed by atoms with Crippen molar-refractivity contribution in [3.8, 4) is 0 Å². The van der Waals surface area contributed by atoms with E-state index < -0.39 is 17.0 Å². The maximum absolute atomic E-state index is 12.9. The van der Waals surface area contributed by atoms with Gasteiger partial charge >= 0.3 is 12.1 Å². The van der Waals surface area contributed by atoms with Crippen LogP contribution in [0, 0.1) is 5.92 Å². The topological polar surface area (TPSA) is 92.2 Å². The number of nitrogens with zero attached hydrogens (tertiary/aromatic N) is 3. The van der Waals surface area contributed by atoms with E-state index in [1.165, 1.54) is 12.8 Å². The molecule has 3 aliphatic rings. The molecule has 2 saturated heterocycles. The summed E-state index contributed by atoms with van der Waals surface area (Å²) in [5.41, 5.74) is -0.0588. The Kier molecular flexibility index (Phi) is 7.25. The van der Waals surface area contributed by atoms with E-state index in [1.807, 2.05) is 31.7 Å². The molecule has 9 heteroatoms. The number of pyridine rings is 1. The molecule has 0 aromatic carbocycles. The molecular formula is C23H34ClN3O5. The van der Waals surface area contributed by atoms with Crippen LogP contribution in [0.25, 0.3) is 0 Å². The molecule has 1 aromatic heterocycles. The van der Waals surface area contributed by atoms with Gasteiger partial charge in [-0.25, -0.2) is 4.79 Å². The van der Waals surface area contributed by atoms with Gasteiger partial charge in [-0.2, -0.15) is 0 Å². The summed E-state index contributed by atoms with van der Waals surface area (Å²) >= 11 is 0. The van der Waals surface area contributed by atoms with E-state index in [1.54, 1.807) is 12.3 Å². The molecule has 0 radical (unpaired) electrons. The highest BCUT2D eigenvalue weighted by Gasteiger charge is 2.49. The normalized spacial score (nSPS) is 22.3. The fraction of sp³-hybridized carbons (Fsp3) is 0.696. The number of piperidine rings is 1. The number of carboxylic acids is 1. The fourth-order valence-corrected chi connectivity index (χ4v) is 4.26. The average molecular weight is 468 g/mol. The lowest BCUT2D eigenvalue weighted by molar-refractivity contribution is -0.163. The van der Waals surface area contributed by atoms with E-state index in [0.29, 0.717) is 11.6 Å². The zero-order chi connectivity index (χ0) is 22.2. The number of aromatic nitrogens is 1. The van der Waals surface area contributed by atoms with Crippen LogP contribution >= 0.6 is 12.4 Å². The molecule has 1 aromatic rings. The smallest absolute Gasteiger partial charge is 0.410 e. The quantitative estimate of drug-likeness (QED) is 0.684. The summed E-state index contributed by atoms with van der Waals surface area (Å²) in [7, 11) is 0. The molecule has 4 rings (SSSR count). The Balaban J connectivity index is 0.00000289. The Morgan fingerprint density at radius 2 is 2.00 bits per heavy atom. The van der Waals surface area contributed by atoms with Crippen molar-refractivity contribution in [2.24, 2.45) is 5.92 Å². The number of hydrogen-bond donors (Lipinski definition) is 1. The predicted octanol–water partition coefficient (Wildman–Crippen LogP) is 3.47. The largest absolute Gasteiger partial charge is 0.480 e. The van der Waals surface area contributed by atoms with E-state index in [2.05, 4.69) is 9.88 Å². The molecular weight excluding hydrogens is 434 g/mol. The van der Waals surface area contributed by atoms with Gasteiger partial charge in [0.1, 0.15) is 5.60 Å². The summed E-state index contributed by atoms with van der Waals surface area (Å²) in [6, 6.07) is 3.83. The van der Waals surface area contributed by atoms with Gasteiger partial charge in [0.25, 0.3) is 0 Å². The SMILES string of the molecule is CC(C)(C)OC(=O)N(CC1CC1)[C@@H]1CCCN(c2ccc(C3(C(=O)O)COC3)nc2)C1.Cl. The number of amides is 1. The van der Waals surface area contributed by atoms with Gasteiger partial charge in [-0.3, -0.25) is 9.78 Å². The molecule has 1 N–H and O–H groups in total. The molecule has 2 aliphatic heterocycles. The number of halogens is 1. The van der Waals surface area contributed by atoms with Crippen LogP contribution in [0.15, 0.2) is 18.3 Å². The van der Waals surface area contributed by atoms with Crippen LogP contribution < -0.4 is 4.90 Å². The Labute approximate surface area is 195 Å². The van der Waals surface area contributed by atoms with Crippen molar-refractivity contribution >= 4 is 30.2 Å². The number of carboxylic acid groups (broad SMARTS) is 1. The van der Waals surface area contributed by atoms with Gasteiger partial charge < -0.3 is 24.4 Å². The average Bonchev–Trinajstić information content (AvgIpc) is 3.48. The molecule has 0 unspecified atom stereocenters. The third-order valence-electron chi connectivity index (χ3n) is 6.33. The molecule has 1 atom stereocenters. The van der Waals surface area contributed by atoms with Gasteiger partial charge in [0.2, 0.25) is 0 Å². The van der Waals surface area contributed by atoms with E-state index in [-0.39, 0.29) is 37.8 Å². The number of carbonyl (C=O) groups is 2. The molecule has 0 bridgehead atoms. The van der Waals surface area contributed by atoms with Crippen molar-refractivity contribution in [2.75, 3.05) is 37.7 Å². The number of rotatable bonds is 6.